The van der Waals surface area contributed by atoms with E-state index in [-0.39, 0.29) is 5.56 Å². The molecule has 1 aromatic carbocycles. The van der Waals surface area contributed by atoms with E-state index in [1.54, 1.807) is 13.2 Å². The molecule has 2 aliphatic heterocycles. The first kappa shape index (κ1) is 34.7. The number of carbonyl (C=O) groups is 2. The molecule has 16 heteroatoms. The molecule has 0 bridgehead atoms. The highest BCUT2D eigenvalue weighted by Crippen LogP contribution is 2.26. The van der Waals surface area contributed by atoms with E-state index in [1.807, 2.05) is 6.07 Å². The molecule has 0 unspecified atom stereocenters. The van der Waals surface area contributed by atoms with Crippen LogP contribution in [0.15, 0.2) is 35.1 Å². The summed E-state index contributed by atoms with van der Waals surface area (Å²) < 4.78 is 68.8. The summed E-state index contributed by atoms with van der Waals surface area (Å²) in [6.45, 7) is 4.77. The Kier molecular flexibility index (Phi) is 12.9. The molecule has 42 heavy (non-hydrogen) atoms. The SMILES string of the molecule is COC[C@@H]1CCCN1Cc1cccc(-c2nc(C3CCNCC3)cc(=O)[nH]2)c1.O=C(O)C(F)(F)F.O=C(O)C(F)(F)F. The van der Waals surface area contributed by atoms with Crippen LogP contribution in [0.1, 0.15) is 42.9 Å². The number of aromatic nitrogens is 2. The van der Waals surface area contributed by atoms with Gasteiger partial charge in [0.15, 0.2) is 0 Å². The van der Waals surface area contributed by atoms with Gasteiger partial charge in [-0.15, -0.1) is 0 Å². The number of benzene rings is 1. The molecule has 3 heterocycles. The van der Waals surface area contributed by atoms with Crippen molar-refractivity contribution in [3.05, 3.63) is 51.9 Å². The number of halogens is 6. The second kappa shape index (κ2) is 15.7. The van der Waals surface area contributed by atoms with Gasteiger partial charge in [-0.2, -0.15) is 26.3 Å². The quantitative estimate of drug-likeness (QED) is 0.359. The molecule has 2 aromatic rings. The molecule has 2 fully saturated rings. The number of ether oxygens (including phenoxy) is 1. The zero-order chi connectivity index (χ0) is 31.5. The Morgan fingerprint density at radius 2 is 1.62 bits per heavy atom. The van der Waals surface area contributed by atoms with Crippen LogP contribution in [0.4, 0.5) is 26.3 Å². The van der Waals surface area contributed by atoms with Crippen molar-refractivity contribution in [3.8, 4) is 11.4 Å². The highest BCUT2D eigenvalue weighted by Gasteiger charge is 2.38. The van der Waals surface area contributed by atoms with E-state index in [1.165, 1.54) is 18.4 Å². The van der Waals surface area contributed by atoms with Crippen molar-refractivity contribution in [1.82, 2.24) is 20.2 Å². The lowest BCUT2D eigenvalue weighted by Gasteiger charge is -2.24. The Morgan fingerprint density at radius 3 is 2.17 bits per heavy atom. The number of likely N-dealkylation sites (tertiary alicyclic amines) is 1. The van der Waals surface area contributed by atoms with Crippen molar-refractivity contribution in [2.24, 2.45) is 0 Å². The van der Waals surface area contributed by atoms with E-state index in [9.17, 15) is 31.1 Å². The standard InChI is InChI=1S/C22H30N4O2.2C2HF3O2/c1-28-15-19-6-3-11-26(19)14-16-4-2-5-18(12-16)22-24-20(13-21(27)25-22)17-7-9-23-10-8-17;2*3-2(4,5)1(6)7/h2,4-5,12-13,17,19,23H,3,6-11,14-15H2,1H3,(H,24,25,27);2*(H,6,7)/t19-;;/m0../s1. The number of H-pyrrole nitrogens is 1. The summed E-state index contributed by atoms with van der Waals surface area (Å²) in [5.74, 6) is -4.47. The fourth-order valence-corrected chi connectivity index (χ4v) is 4.48. The molecule has 0 amide bonds. The van der Waals surface area contributed by atoms with Crippen LogP contribution in [-0.4, -0.2) is 88.8 Å². The topological polar surface area (TPSA) is 145 Å². The number of aliphatic carboxylic acids is 2. The zero-order valence-corrected chi connectivity index (χ0v) is 22.6. The van der Waals surface area contributed by atoms with Gasteiger partial charge in [-0.3, -0.25) is 9.69 Å². The maximum absolute atomic E-state index is 12.3. The molecule has 4 N–H and O–H groups in total. The van der Waals surface area contributed by atoms with Crippen molar-refractivity contribution in [2.45, 2.75) is 56.5 Å². The number of hydrogen-bond acceptors (Lipinski definition) is 7. The number of piperidine rings is 1. The summed E-state index contributed by atoms with van der Waals surface area (Å²) >= 11 is 0. The van der Waals surface area contributed by atoms with Crippen LogP contribution in [-0.2, 0) is 20.9 Å². The number of carboxylic acids is 2. The summed E-state index contributed by atoms with van der Waals surface area (Å²) in [4.78, 5) is 40.3. The number of rotatable bonds is 6. The number of nitrogens with zero attached hydrogens (tertiary/aromatic N) is 2. The average molecular weight is 611 g/mol. The molecular formula is C26H32F6N4O6. The second-order valence-corrected chi connectivity index (χ2v) is 9.57. The first-order valence-electron chi connectivity index (χ1n) is 12.9. The minimum absolute atomic E-state index is 0.0661. The van der Waals surface area contributed by atoms with Crippen molar-refractivity contribution in [1.29, 1.82) is 0 Å². The van der Waals surface area contributed by atoms with E-state index < -0.39 is 24.3 Å². The minimum Gasteiger partial charge on any atom is -0.475 e. The fourth-order valence-electron chi connectivity index (χ4n) is 4.48. The zero-order valence-electron chi connectivity index (χ0n) is 22.6. The maximum Gasteiger partial charge on any atom is 0.490 e. The number of alkyl halides is 6. The lowest BCUT2D eigenvalue weighted by Crippen LogP contribution is -2.32. The molecule has 0 saturated carbocycles. The van der Waals surface area contributed by atoms with Crippen molar-refractivity contribution >= 4 is 11.9 Å². The van der Waals surface area contributed by atoms with Crippen LogP contribution < -0.4 is 10.9 Å². The average Bonchev–Trinajstić information content (AvgIpc) is 3.35. The van der Waals surface area contributed by atoms with Gasteiger partial charge in [0.1, 0.15) is 5.82 Å². The highest BCUT2D eigenvalue weighted by molar-refractivity contribution is 5.73. The van der Waals surface area contributed by atoms with Crippen molar-refractivity contribution < 1.29 is 50.9 Å². The van der Waals surface area contributed by atoms with Gasteiger partial charge >= 0.3 is 24.3 Å². The molecule has 1 atom stereocenters. The number of hydrogen-bond donors (Lipinski definition) is 4. The fraction of sp³-hybridized carbons (Fsp3) is 0.538. The minimum atomic E-state index is -5.08. The summed E-state index contributed by atoms with van der Waals surface area (Å²) in [5.41, 5.74) is 3.08. The first-order chi connectivity index (χ1) is 19.6. The Bertz CT molecular complexity index is 1210. The van der Waals surface area contributed by atoms with Gasteiger partial charge in [-0.25, -0.2) is 14.6 Å². The molecule has 0 radical (unpaired) electrons. The van der Waals surface area contributed by atoms with Gasteiger partial charge in [0.2, 0.25) is 0 Å². The third-order valence-corrected chi connectivity index (χ3v) is 6.45. The molecule has 10 nitrogen and oxygen atoms in total. The Balaban J connectivity index is 0.000000367. The molecule has 234 valence electrons. The lowest BCUT2D eigenvalue weighted by molar-refractivity contribution is -0.193. The molecule has 0 spiro atoms. The summed E-state index contributed by atoms with van der Waals surface area (Å²) in [6.07, 6.45) is -5.68. The molecule has 0 aliphatic carbocycles. The van der Waals surface area contributed by atoms with E-state index >= 15 is 0 Å². The van der Waals surface area contributed by atoms with Crippen LogP contribution in [0, 0.1) is 0 Å². The highest BCUT2D eigenvalue weighted by atomic mass is 19.4. The van der Waals surface area contributed by atoms with Crippen molar-refractivity contribution in [2.75, 3.05) is 33.4 Å². The van der Waals surface area contributed by atoms with E-state index in [4.69, 9.17) is 29.5 Å². The molecule has 4 rings (SSSR count). The van der Waals surface area contributed by atoms with Gasteiger partial charge in [-0.1, -0.05) is 18.2 Å². The molecular weight excluding hydrogens is 578 g/mol. The molecule has 2 aliphatic rings. The largest absolute Gasteiger partial charge is 0.490 e. The summed E-state index contributed by atoms with van der Waals surface area (Å²) in [7, 11) is 1.77. The lowest BCUT2D eigenvalue weighted by atomic mass is 9.94. The number of methoxy groups -OCH3 is 1. The summed E-state index contributed by atoms with van der Waals surface area (Å²) in [5, 5.41) is 17.6. The third-order valence-electron chi connectivity index (χ3n) is 6.45. The van der Waals surface area contributed by atoms with Gasteiger partial charge in [-0.05, 0) is 56.9 Å². The Labute approximate surface area is 236 Å². The molecule has 1 aromatic heterocycles. The predicted octanol–water partition coefficient (Wildman–Crippen LogP) is 3.78. The van der Waals surface area contributed by atoms with Crippen LogP contribution in [0.5, 0.6) is 0 Å². The van der Waals surface area contributed by atoms with Crippen LogP contribution >= 0.6 is 0 Å². The normalized spacial score (nSPS) is 17.9. The van der Waals surface area contributed by atoms with Gasteiger partial charge < -0.3 is 25.3 Å². The third kappa shape index (κ3) is 11.4. The number of nitrogens with one attached hydrogen (secondary N) is 2. The molecule has 2 saturated heterocycles. The maximum atomic E-state index is 12.3. The monoisotopic (exact) mass is 610 g/mol. The number of carboxylic acid groups (broad SMARTS) is 2. The first-order valence-corrected chi connectivity index (χ1v) is 12.9. The summed E-state index contributed by atoms with van der Waals surface area (Å²) in [6, 6.07) is 10.6. The Morgan fingerprint density at radius 1 is 1.02 bits per heavy atom. The van der Waals surface area contributed by atoms with Crippen molar-refractivity contribution in [3.63, 3.8) is 0 Å². The van der Waals surface area contributed by atoms with E-state index in [0.29, 0.717) is 17.8 Å². The van der Waals surface area contributed by atoms with E-state index in [0.717, 1.165) is 56.9 Å². The smallest absolute Gasteiger partial charge is 0.475 e. The van der Waals surface area contributed by atoms with Crippen LogP contribution in [0.2, 0.25) is 0 Å². The van der Waals surface area contributed by atoms with Gasteiger partial charge in [0.25, 0.3) is 5.56 Å². The number of aromatic amines is 1. The predicted molar refractivity (Wildman–Crippen MR) is 138 cm³/mol. The van der Waals surface area contributed by atoms with Crippen LogP contribution in [0.25, 0.3) is 11.4 Å². The van der Waals surface area contributed by atoms with Gasteiger partial charge in [0, 0.05) is 37.2 Å². The van der Waals surface area contributed by atoms with E-state index in [2.05, 4.69) is 33.4 Å². The van der Waals surface area contributed by atoms with Gasteiger partial charge in [0.05, 0.1) is 12.3 Å². The van der Waals surface area contributed by atoms with Crippen LogP contribution in [0.3, 0.4) is 0 Å². The Hall–Kier alpha value is -3.50. The second-order valence-electron chi connectivity index (χ2n) is 9.57.